The third-order valence-electron chi connectivity index (χ3n) is 7.36. The quantitative estimate of drug-likeness (QED) is 0.248. The summed E-state index contributed by atoms with van der Waals surface area (Å²) in [5.41, 5.74) is 1.38. The van der Waals surface area contributed by atoms with E-state index >= 15 is 0 Å². The molecule has 2 saturated carbocycles. The molecule has 2 aliphatic heterocycles. The van der Waals surface area contributed by atoms with Gasteiger partial charge in [-0.15, -0.1) is 0 Å². The molecule has 13 heteroatoms. The molecule has 2 aliphatic carbocycles. The summed E-state index contributed by atoms with van der Waals surface area (Å²) in [6.45, 7) is 3.41. The fourth-order valence-corrected chi connectivity index (χ4v) is 5.16. The Balaban J connectivity index is 1.11. The molecule has 4 amide bonds. The highest BCUT2D eigenvalue weighted by atomic mass is 16.5. The number of fused-ring (bicyclic) bond motifs is 1. The second kappa shape index (κ2) is 10.6. The van der Waals surface area contributed by atoms with Crippen molar-refractivity contribution in [2.45, 2.75) is 56.7 Å². The van der Waals surface area contributed by atoms with Gasteiger partial charge in [0.15, 0.2) is 5.65 Å². The molecule has 13 nitrogen and oxygen atoms in total. The number of hydrogen-bond acceptors (Lipinski definition) is 9. The summed E-state index contributed by atoms with van der Waals surface area (Å²) in [6, 6.07) is 2.25. The molecule has 0 atom stereocenters. The first-order valence-corrected chi connectivity index (χ1v) is 13.4. The van der Waals surface area contributed by atoms with Crippen molar-refractivity contribution in [1.29, 1.82) is 0 Å². The second-order valence-corrected chi connectivity index (χ2v) is 10.4. The topological polar surface area (TPSA) is 154 Å². The predicted octanol–water partition coefficient (Wildman–Crippen LogP) is 0.655. The molecular formula is C25H33N9O4. The maximum Gasteiger partial charge on any atom is 0.326 e. The highest BCUT2D eigenvalue weighted by Crippen LogP contribution is 2.29. The number of rotatable bonds is 8. The Morgan fingerprint density at radius 3 is 2.45 bits per heavy atom. The van der Waals surface area contributed by atoms with Gasteiger partial charge in [0.25, 0.3) is 5.91 Å². The number of imide groups is 1. The molecule has 0 spiro atoms. The van der Waals surface area contributed by atoms with Crippen LogP contribution in [0.25, 0.3) is 11.7 Å². The number of aromatic nitrogens is 3. The third kappa shape index (κ3) is 5.73. The zero-order valence-electron chi connectivity index (χ0n) is 21.2. The van der Waals surface area contributed by atoms with Gasteiger partial charge < -0.3 is 26.0 Å². The highest BCUT2D eigenvalue weighted by molar-refractivity contribution is 6.14. The monoisotopic (exact) mass is 523 g/mol. The predicted molar refractivity (Wildman–Crippen MR) is 139 cm³/mol. The molecule has 2 aromatic heterocycles. The first-order valence-electron chi connectivity index (χ1n) is 13.4. The van der Waals surface area contributed by atoms with Gasteiger partial charge in [-0.05, 0) is 44.6 Å². The van der Waals surface area contributed by atoms with Crippen LogP contribution in [0.4, 0.5) is 16.4 Å². The molecule has 0 radical (unpaired) electrons. The molecule has 0 unspecified atom stereocenters. The number of urea groups is 1. The van der Waals surface area contributed by atoms with Crippen LogP contribution in [0.3, 0.4) is 0 Å². The summed E-state index contributed by atoms with van der Waals surface area (Å²) in [6.07, 6.45) is 9.09. The van der Waals surface area contributed by atoms with E-state index in [9.17, 15) is 14.4 Å². The SMILES string of the molecule is O=C1NC(=O)/C(=C/c2cnn3c(NC4CC4)cc(N[C@H]4CC[C@H](NC(=O)CN5CCOCC5)CC4)nc23)N1. The Hall–Kier alpha value is -3.71. The summed E-state index contributed by atoms with van der Waals surface area (Å²) in [7, 11) is 0. The molecule has 2 saturated heterocycles. The lowest BCUT2D eigenvalue weighted by atomic mass is 9.91. The number of nitrogens with zero attached hydrogens (tertiary/aromatic N) is 4. The Labute approximate surface area is 219 Å². The lowest BCUT2D eigenvalue weighted by Gasteiger charge is -2.31. The number of anilines is 2. The molecule has 6 rings (SSSR count). The summed E-state index contributed by atoms with van der Waals surface area (Å²) < 4.78 is 7.08. The third-order valence-corrected chi connectivity index (χ3v) is 7.36. The van der Waals surface area contributed by atoms with Crippen LogP contribution in [0.15, 0.2) is 18.0 Å². The van der Waals surface area contributed by atoms with Crippen molar-refractivity contribution in [1.82, 2.24) is 35.4 Å². The smallest absolute Gasteiger partial charge is 0.326 e. The van der Waals surface area contributed by atoms with Crippen molar-refractivity contribution in [2.24, 2.45) is 0 Å². The summed E-state index contributed by atoms with van der Waals surface area (Å²) >= 11 is 0. The maximum absolute atomic E-state index is 12.5. The molecule has 202 valence electrons. The van der Waals surface area contributed by atoms with E-state index in [-0.39, 0.29) is 23.7 Å². The maximum atomic E-state index is 12.5. The van der Waals surface area contributed by atoms with E-state index in [1.54, 1.807) is 16.8 Å². The molecule has 5 N–H and O–H groups in total. The molecule has 4 aliphatic rings. The molecular weight excluding hydrogens is 490 g/mol. The van der Waals surface area contributed by atoms with E-state index in [0.717, 1.165) is 63.3 Å². The average Bonchev–Trinajstić information content (AvgIpc) is 3.54. The van der Waals surface area contributed by atoms with E-state index in [1.807, 2.05) is 6.07 Å². The van der Waals surface area contributed by atoms with Gasteiger partial charge in [-0.3, -0.25) is 19.8 Å². The second-order valence-electron chi connectivity index (χ2n) is 10.4. The zero-order chi connectivity index (χ0) is 26.1. The fraction of sp³-hybridized carbons (Fsp3) is 0.560. The van der Waals surface area contributed by atoms with Crippen molar-refractivity contribution in [2.75, 3.05) is 43.5 Å². The minimum absolute atomic E-state index is 0.0840. The first kappa shape index (κ1) is 24.6. The van der Waals surface area contributed by atoms with E-state index in [2.05, 4.69) is 36.6 Å². The summed E-state index contributed by atoms with van der Waals surface area (Å²) in [5.74, 6) is 1.16. The number of carbonyl (C=O) groups excluding carboxylic acids is 3. The van der Waals surface area contributed by atoms with E-state index in [0.29, 0.717) is 37.0 Å². The van der Waals surface area contributed by atoms with Gasteiger partial charge in [0.1, 0.15) is 17.3 Å². The first-order chi connectivity index (χ1) is 18.5. The van der Waals surface area contributed by atoms with Gasteiger partial charge in [0, 0.05) is 42.8 Å². The van der Waals surface area contributed by atoms with Gasteiger partial charge in [0.2, 0.25) is 5.91 Å². The average molecular weight is 524 g/mol. The number of amides is 4. The molecule has 0 bridgehead atoms. The van der Waals surface area contributed by atoms with E-state index < -0.39 is 11.9 Å². The number of morpholine rings is 1. The normalized spacial score (nSPS) is 25.3. The largest absolute Gasteiger partial charge is 0.379 e. The molecule has 0 aromatic carbocycles. The van der Waals surface area contributed by atoms with Gasteiger partial charge in [-0.2, -0.15) is 9.61 Å². The van der Waals surface area contributed by atoms with Crippen molar-refractivity contribution >= 4 is 41.2 Å². The standard InChI is InChI=1S/C25H33N9O4/c35-22(14-33-7-9-38-10-8-33)29-18-5-1-16(2-6-18)27-20-12-21(28-17-3-4-17)34-23(31-20)15(13-26-34)11-19-24(36)32-25(37)30-19/h11-13,16-18,28H,1-10,14H2,(H,27,31)(H,29,35)(H2,30,32,36,37)/b19-11-/t16-,18-. The fourth-order valence-electron chi connectivity index (χ4n) is 5.16. The number of nitrogens with one attached hydrogen (secondary N) is 5. The Morgan fingerprint density at radius 2 is 1.74 bits per heavy atom. The van der Waals surface area contributed by atoms with Gasteiger partial charge in [-0.25, -0.2) is 9.78 Å². The van der Waals surface area contributed by atoms with Crippen LogP contribution in [-0.4, -0.2) is 88.3 Å². The van der Waals surface area contributed by atoms with Crippen LogP contribution in [0.2, 0.25) is 0 Å². The Morgan fingerprint density at radius 1 is 1.03 bits per heavy atom. The minimum atomic E-state index is -0.544. The number of ether oxygens (including phenoxy) is 1. The lowest BCUT2D eigenvalue weighted by molar-refractivity contribution is -0.124. The van der Waals surface area contributed by atoms with Crippen LogP contribution >= 0.6 is 0 Å². The van der Waals surface area contributed by atoms with Crippen LogP contribution in [0.1, 0.15) is 44.1 Å². The highest BCUT2D eigenvalue weighted by Gasteiger charge is 2.27. The summed E-state index contributed by atoms with van der Waals surface area (Å²) in [4.78, 5) is 43.0. The van der Waals surface area contributed by atoms with E-state index in [4.69, 9.17) is 9.72 Å². The number of carbonyl (C=O) groups is 3. The Bertz CT molecular complexity index is 1260. The minimum Gasteiger partial charge on any atom is -0.379 e. The van der Waals surface area contributed by atoms with Gasteiger partial charge >= 0.3 is 6.03 Å². The van der Waals surface area contributed by atoms with Crippen LogP contribution in [0.5, 0.6) is 0 Å². The Kier molecular flexibility index (Phi) is 6.85. The van der Waals surface area contributed by atoms with Crippen LogP contribution in [-0.2, 0) is 14.3 Å². The van der Waals surface area contributed by atoms with Crippen molar-refractivity contribution in [3.8, 4) is 0 Å². The van der Waals surface area contributed by atoms with Crippen LogP contribution < -0.4 is 26.6 Å². The molecule has 4 fully saturated rings. The van der Waals surface area contributed by atoms with Crippen molar-refractivity contribution in [3.05, 3.63) is 23.5 Å². The molecule has 2 aromatic rings. The van der Waals surface area contributed by atoms with Gasteiger partial charge in [0.05, 0.1) is 26.0 Å². The van der Waals surface area contributed by atoms with Gasteiger partial charge in [-0.1, -0.05) is 0 Å². The summed E-state index contributed by atoms with van der Waals surface area (Å²) in [5, 5.41) is 19.5. The van der Waals surface area contributed by atoms with Crippen molar-refractivity contribution < 1.29 is 19.1 Å². The zero-order valence-corrected chi connectivity index (χ0v) is 21.2. The van der Waals surface area contributed by atoms with Crippen LogP contribution in [0, 0.1) is 0 Å². The molecule has 38 heavy (non-hydrogen) atoms. The lowest BCUT2D eigenvalue weighted by Crippen LogP contribution is -2.47. The number of hydrogen-bond donors (Lipinski definition) is 5. The van der Waals surface area contributed by atoms with Crippen molar-refractivity contribution in [3.63, 3.8) is 0 Å². The van der Waals surface area contributed by atoms with E-state index in [1.165, 1.54) is 0 Å². The molecule has 4 heterocycles.